The van der Waals surface area contributed by atoms with E-state index in [1.54, 1.807) is 24.3 Å². The quantitative estimate of drug-likeness (QED) is 0.839. The van der Waals surface area contributed by atoms with Gasteiger partial charge in [-0.2, -0.15) is 0 Å². The van der Waals surface area contributed by atoms with E-state index in [4.69, 9.17) is 11.6 Å². The smallest absolute Gasteiger partial charge is 0.228 e. The lowest BCUT2D eigenvalue weighted by atomic mass is 9.94. The molecule has 0 bridgehead atoms. The molecule has 0 aliphatic heterocycles. The van der Waals surface area contributed by atoms with Crippen molar-refractivity contribution in [2.45, 2.75) is 31.7 Å². The van der Waals surface area contributed by atoms with Crippen molar-refractivity contribution in [3.05, 3.63) is 70.7 Å². The van der Waals surface area contributed by atoms with E-state index in [-0.39, 0.29) is 18.2 Å². The summed E-state index contributed by atoms with van der Waals surface area (Å²) in [5.41, 5.74) is 1.58. The third-order valence-electron chi connectivity index (χ3n) is 3.89. The molecular formula is C19H19ClNO3-. The minimum Gasteiger partial charge on any atom is -0.550 e. The molecule has 1 N–H and O–H groups in total. The molecule has 0 aromatic heterocycles. The average molecular weight is 345 g/mol. The molecule has 5 heteroatoms. The molecule has 0 fully saturated rings. The summed E-state index contributed by atoms with van der Waals surface area (Å²) < 4.78 is 0. The molecule has 0 spiro atoms. The van der Waals surface area contributed by atoms with Crippen molar-refractivity contribution in [1.29, 1.82) is 0 Å². The van der Waals surface area contributed by atoms with E-state index < -0.39 is 12.0 Å². The van der Waals surface area contributed by atoms with Crippen LogP contribution >= 0.6 is 11.6 Å². The third-order valence-corrected chi connectivity index (χ3v) is 4.14. The summed E-state index contributed by atoms with van der Waals surface area (Å²) >= 11 is 5.86. The van der Waals surface area contributed by atoms with Gasteiger partial charge in [-0.15, -0.1) is 0 Å². The molecule has 24 heavy (non-hydrogen) atoms. The maximum Gasteiger partial charge on any atom is 0.228 e. The van der Waals surface area contributed by atoms with Crippen molar-refractivity contribution < 1.29 is 14.7 Å². The van der Waals surface area contributed by atoms with E-state index in [9.17, 15) is 14.7 Å². The number of hydrogen-bond acceptors (Lipinski definition) is 3. The van der Waals surface area contributed by atoms with Gasteiger partial charge in [0.2, 0.25) is 5.91 Å². The Morgan fingerprint density at radius 1 is 1.04 bits per heavy atom. The molecule has 2 unspecified atom stereocenters. The van der Waals surface area contributed by atoms with E-state index >= 15 is 0 Å². The zero-order valence-corrected chi connectivity index (χ0v) is 14.1. The average Bonchev–Trinajstić information content (AvgIpc) is 2.56. The molecule has 2 aromatic rings. The van der Waals surface area contributed by atoms with Crippen LogP contribution in [0.5, 0.6) is 0 Å². The largest absolute Gasteiger partial charge is 0.550 e. The fourth-order valence-corrected chi connectivity index (χ4v) is 2.77. The molecular weight excluding hydrogens is 326 g/mol. The van der Waals surface area contributed by atoms with E-state index in [1.807, 2.05) is 37.3 Å². The molecule has 2 rings (SSSR count). The minimum absolute atomic E-state index is 0.204. The number of halogens is 1. The molecule has 0 heterocycles. The van der Waals surface area contributed by atoms with Gasteiger partial charge in [0.15, 0.2) is 0 Å². The Kier molecular flexibility index (Phi) is 6.38. The summed E-state index contributed by atoms with van der Waals surface area (Å²) in [4.78, 5) is 23.7. The monoisotopic (exact) mass is 344 g/mol. The van der Waals surface area contributed by atoms with Crippen molar-refractivity contribution in [2.24, 2.45) is 0 Å². The van der Waals surface area contributed by atoms with Crippen molar-refractivity contribution >= 4 is 23.5 Å². The van der Waals surface area contributed by atoms with Crippen LogP contribution in [0.15, 0.2) is 54.6 Å². The molecule has 4 nitrogen and oxygen atoms in total. The van der Waals surface area contributed by atoms with E-state index in [2.05, 4.69) is 5.32 Å². The maximum absolute atomic E-state index is 12.7. The van der Waals surface area contributed by atoms with Gasteiger partial charge < -0.3 is 15.2 Å². The summed E-state index contributed by atoms with van der Waals surface area (Å²) in [6, 6.07) is 15.5. The zero-order valence-electron chi connectivity index (χ0n) is 13.4. The Morgan fingerprint density at radius 3 is 2.21 bits per heavy atom. The normalized spacial score (nSPS) is 13.1. The van der Waals surface area contributed by atoms with Gasteiger partial charge in [0.1, 0.15) is 0 Å². The third kappa shape index (κ3) is 4.83. The van der Waals surface area contributed by atoms with Crippen LogP contribution in [0.3, 0.4) is 0 Å². The summed E-state index contributed by atoms with van der Waals surface area (Å²) in [6.07, 6.45) is 0.326. The van der Waals surface area contributed by atoms with Crippen LogP contribution in [0.25, 0.3) is 0 Å². The molecule has 0 radical (unpaired) electrons. The van der Waals surface area contributed by atoms with Crippen LogP contribution in [-0.2, 0) is 9.59 Å². The van der Waals surface area contributed by atoms with Gasteiger partial charge in [-0.1, -0.05) is 61.0 Å². The number of carboxylic acids is 1. The summed E-state index contributed by atoms with van der Waals surface area (Å²) in [5, 5.41) is 14.4. The molecule has 0 aliphatic carbocycles. The Hall–Kier alpha value is -2.33. The topological polar surface area (TPSA) is 69.2 Å². The van der Waals surface area contributed by atoms with Gasteiger partial charge in [0, 0.05) is 17.4 Å². The zero-order chi connectivity index (χ0) is 17.5. The van der Waals surface area contributed by atoms with Gasteiger partial charge >= 0.3 is 0 Å². The number of amides is 1. The Morgan fingerprint density at radius 2 is 1.67 bits per heavy atom. The molecule has 2 atom stereocenters. The van der Waals surface area contributed by atoms with Crippen molar-refractivity contribution in [3.8, 4) is 0 Å². The number of hydrogen-bond donors (Lipinski definition) is 1. The summed E-state index contributed by atoms with van der Waals surface area (Å²) in [6.45, 7) is 1.92. The molecule has 0 aliphatic rings. The second kappa shape index (κ2) is 8.50. The second-order valence-corrected chi connectivity index (χ2v) is 6.00. The van der Waals surface area contributed by atoms with Crippen LogP contribution in [0.4, 0.5) is 0 Å². The fourth-order valence-electron chi connectivity index (χ4n) is 2.64. The Balaban J connectivity index is 2.20. The molecule has 126 valence electrons. The maximum atomic E-state index is 12.7. The van der Waals surface area contributed by atoms with Crippen LogP contribution in [0.1, 0.15) is 42.9 Å². The number of nitrogens with one attached hydrogen (secondary N) is 1. The first kappa shape index (κ1) is 18.0. The lowest BCUT2D eigenvalue weighted by molar-refractivity contribution is -0.306. The highest BCUT2D eigenvalue weighted by Crippen LogP contribution is 2.24. The summed E-state index contributed by atoms with van der Waals surface area (Å²) in [5.74, 6) is -1.75. The fraction of sp³-hybridized carbons (Fsp3) is 0.263. The van der Waals surface area contributed by atoms with E-state index in [0.29, 0.717) is 17.0 Å². The molecule has 0 saturated carbocycles. The van der Waals surface area contributed by atoms with Crippen LogP contribution in [-0.4, -0.2) is 11.9 Å². The summed E-state index contributed by atoms with van der Waals surface area (Å²) in [7, 11) is 0. The molecule has 2 aromatic carbocycles. The number of carbonyl (C=O) groups excluding carboxylic acids is 2. The Labute approximate surface area is 146 Å². The highest BCUT2D eigenvalue weighted by molar-refractivity contribution is 6.30. The van der Waals surface area contributed by atoms with Gasteiger partial charge in [-0.05, 0) is 29.7 Å². The first-order valence-corrected chi connectivity index (χ1v) is 8.19. The first-order valence-electron chi connectivity index (χ1n) is 7.82. The lowest BCUT2D eigenvalue weighted by Crippen LogP contribution is -2.36. The first-order chi connectivity index (χ1) is 11.5. The number of rotatable bonds is 7. The molecule has 0 saturated heterocycles. The predicted molar refractivity (Wildman–Crippen MR) is 91.4 cm³/mol. The molecule has 1 amide bonds. The van der Waals surface area contributed by atoms with Gasteiger partial charge in [0.05, 0.1) is 12.0 Å². The highest BCUT2D eigenvalue weighted by atomic mass is 35.5. The standard InChI is InChI=1S/C19H20ClNO3/c1-2-16(13-6-4-3-5-7-13)19(24)21-17(12-18(22)23)14-8-10-15(20)11-9-14/h3-11,16-17H,2,12H2,1H3,(H,21,24)(H,22,23)/p-1. The Bertz CT molecular complexity index is 686. The van der Waals surface area contributed by atoms with Gasteiger partial charge in [-0.3, -0.25) is 4.79 Å². The van der Waals surface area contributed by atoms with E-state index in [0.717, 1.165) is 5.56 Å². The van der Waals surface area contributed by atoms with E-state index in [1.165, 1.54) is 0 Å². The van der Waals surface area contributed by atoms with Crippen molar-refractivity contribution in [1.82, 2.24) is 5.32 Å². The van der Waals surface area contributed by atoms with Gasteiger partial charge in [0.25, 0.3) is 0 Å². The second-order valence-electron chi connectivity index (χ2n) is 5.56. The van der Waals surface area contributed by atoms with Crippen LogP contribution in [0, 0.1) is 0 Å². The van der Waals surface area contributed by atoms with Crippen LogP contribution < -0.4 is 10.4 Å². The SMILES string of the molecule is CCC(C(=O)NC(CC(=O)[O-])c1ccc(Cl)cc1)c1ccccc1. The van der Waals surface area contributed by atoms with Gasteiger partial charge in [-0.25, -0.2) is 0 Å². The highest BCUT2D eigenvalue weighted by Gasteiger charge is 2.22. The van der Waals surface area contributed by atoms with Crippen LogP contribution in [0.2, 0.25) is 5.02 Å². The number of aliphatic carboxylic acids is 1. The number of carboxylic acid groups (broad SMARTS) is 1. The van der Waals surface area contributed by atoms with Crippen molar-refractivity contribution in [3.63, 3.8) is 0 Å². The lowest BCUT2D eigenvalue weighted by Gasteiger charge is -2.23. The van der Waals surface area contributed by atoms with Crippen molar-refractivity contribution in [2.75, 3.05) is 0 Å². The number of benzene rings is 2. The number of carbonyl (C=O) groups is 2. The minimum atomic E-state index is -1.22. The predicted octanol–water partition coefficient (Wildman–Crippen LogP) is 2.83.